The number of fused-ring (bicyclic) bond motifs is 1. The van der Waals surface area contributed by atoms with E-state index in [0.29, 0.717) is 18.8 Å². The first-order valence-electron chi connectivity index (χ1n) is 10.1. The molecule has 9 nitrogen and oxygen atoms in total. The molecule has 0 N–H and O–H groups in total. The van der Waals surface area contributed by atoms with Crippen molar-refractivity contribution in [2.45, 2.75) is 19.4 Å². The number of aryl methyl sites for hydroxylation is 2. The molecule has 2 aliphatic heterocycles. The van der Waals surface area contributed by atoms with Crippen LogP contribution in [0.15, 0.2) is 36.8 Å². The summed E-state index contributed by atoms with van der Waals surface area (Å²) in [5, 5.41) is 5.20. The highest BCUT2D eigenvalue weighted by Gasteiger charge is 2.43. The van der Waals surface area contributed by atoms with Crippen molar-refractivity contribution in [3.63, 3.8) is 0 Å². The van der Waals surface area contributed by atoms with Gasteiger partial charge in [-0.3, -0.25) is 19.2 Å². The molecule has 0 unspecified atom stereocenters. The van der Waals surface area contributed by atoms with Gasteiger partial charge < -0.3 is 4.90 Å². The van der Waals surface area contributed by atoms with Crippen molar-refractivity contribution in [2.24, 2.45) is 7.05 Å². The van der Waals surface area contributed by atoms with Gasteiger partial charge >= 0.3 is 0 Å². The number of hydrogen-bond donors (Lipinski definition) is 0. The number of benzene rings is 1. The Morgan fingerprint density at radius 3 is 2.47 bits per heavy atom. The minimum absolute atomic E-state index is 0.131. The minimum Gasteiger partial charge on any atom is -0.353 e. The number of imide groups is 1. The summed E-state index contributed by atoms with van der Waals surface area (Å²) in [4.78, 5) is 40.1. The molecule has 3 aromatic rings. The van der Waals surface area contributed by atoms with E-state index in [9.17, 15) is 9.59 Å². The fourth-order valence-corrected chi connectivity index (χ4v) is 4.31. The van der Waals surface area contributed by atoms with Crippen molar-refractivity contribution in [1.29, 1.82) is 0 Å². The molecule has 1 aromatic carbocycles. The fraction of sp³-hybridized carbons (Fsp3) is 0.381. The number of anilines is 2. The summed E-state index contributed by atoms with van der Waals surface area (Å²) >= 11 is 0. The summed E-state index contributed by atoms with van der Waals surface area (Å²) < 4.78 is 1.74. The lowest BCUT2D eigenvalue weighted by atomic mass is 10.1. The summed E-state index contributed by atoms with van der Waals surface area (Å²) in [5.74, 6) is 0.598. The highest BCUT2D eigenvalue weighted by Crippen LogP contribution is 2.28. The lowest BCUT2D eigenvalue weighted by Crippen LogP contribution is -2.52. The molecule has 2 aliphatic rings. The predicted molar refractivity (Wildman–Crippen MR) is 112 cm³/mol. The van der Waals surface area contributed by atoms with E-state index in [1.165, 1.54) is 4.90 Å². The Morgan fingerprint density at radius 2 is 1.73 bits per heavy atom. The monoisotopic (exact) mass is 405 g/mol. The first-order chi connectivity index (χ1) is 14.5. The Bertz CT molecular complexity index is 1120. The van der Waals surface area contributed by atoms with Crippen LogP contribution in [0.5, 0.6) is 0 Å². The largest absolute Gasteiger partial charge is 0.353 e. The second-order valence-electron chi connectivity index (χ2n) is 7.85. The highest BCUT2D eigenvalue weighted by atomic mass is 16.2. The van der Waals surface area contributed by atoms with E-state index in [2.05, 4.69) is 24.9 Å². The SMILES string of the molecule is Cc1ccc(N2C(=O)C[C@H](N3CCN(c4ncnc5c4cnn5C)CC3)C2=O)cc1. The third-order valence-corrected chi connectivity index (χ3v) is 5.98. The zero-order valence-corrected chi connectivity index (χ0v) is 17.0. The van der Waals surface area contributed by atoms with Gasteiger partial charge in [0.2, 0.25) is 5.91 Å². The number of nitrogens with zero attached hydrogens (tertiary/aromatic N) is 7. The maximum absolute atomic E-state index is 13.0. The highest BCUT2D eigenvalue weighted by molar-refractivity contribution is 6.22. The lowest BCUT2D eigenvalue weighted by Gasteiger charge is -2.37. The maximum Gasteiger partial charge on any atom is 0.251 e. The van der Waals surface area contributed by atoms with Crippen LogP contribution >= 0.6 is 0 Å². The van der Waals surface area contributed by atoms with Crippen LogP contribution in [-0.2, 0) is 16.6 Å². The van der Waals surface area contributed by atoms with Gasteiger partial charge in [0.05, 0.1) is 29.7 Å². The molecule has 0 spiro atoms. The van der Waals surface area contributed by atoms with Crippen molar-refractivity contribution in [3.8, 4) is 0 Å². The fourth-order valence-electron chi connectivity index (χ4n) is 4.31. The number of aromatic nitrogens is 4. The molecule has 2 aromatic heterocycles. The molecule has 0 aliphatic carbocycles. The molecule has 4 heterocycles. The quantitative estimate of drug-likeness (QED) is 0.604. The predicted octanol–water partition coefficient (Wildman–Crippen LogP) is 1.13. The molecule has 2 amide bonds. The van der Waals surface area contributed by atoms with Gasteiger partial charge in [-0.05, 0) is 19.1 Å². The smallest absolute Gasteiger partial charge is 0.251 e. The van der Waals surface area contributed by atoms with E-state index in [1.807, 2.05) is 38.2 Å². The molecule has 0 saturated carbocycles. The number of carbonyl (C=O) groups is 2. The Labute approximate surface area is 173 Å². The molecule has 30 heavy (non-hydrogen) atoms. The zero-order chi connectivity index (χ0) is 20.8. The molecule has 154 valence electrons. The van der Waals surface area contributed by atoms with Crippen molar-refractivity contribution >= 4 is 34.4 Å². The van der Waals surface area contributed by atoms with E-state index in [0.717, 1.165) is 35.5 Å². The van der Waals surface area contributed by atoms with Crippen LogP contribution in [0.3, 0.4) is 0 Å². The van der Waals surface area contributed by atoms with Gasteiger partial charge in [0.1, 0.15) is 12.1 Å². The second-order valence-corrected chi connectivity index (χ2v) is 7.85. The summed E-state index contributed by atoms with van der Waals surface area (Å²) in [6, 6.07) is 7.11. The first kappa shape index (κ1) is 18.7. The van der Waals surface area contributed by atoms with Crippen LogP contribution in [0.4, 0.5) is 11.5 Å². The van der Waals surface area contributed by atoms with Crippen LogP contribution in [0.1, 0.15) is 12.0 Å². The summed E-state index contributed by atoms with van der Waals surface area (Å²) in [6.07, 6.45) is 3.58. The van der Waals surface area contributed by atoms with Crippen LogP contribution in [0.2, 0.25) is 0 Å². The molecular formula is C21H23N7O2. The number of hydrogen-bond acceptors (Lipinski definition) is 7. The first-order valence-corrected chi connectivity index (χ1v) is 10.1. The van der Waals surface area contributed by atoms with Gasteiger partial charge in [-0.1, -0.05) is 17.7 Å². The summed E-state index contributed by atoms with van der Waals surface area (Å²) in [7, 11) is 1.86. The van der Waals surface area contributed by atoms with Gasteiger partial charge in [-0.2, -0.15) is 5.10 Å². The molecule has 1 atom stereocenters. The van der Waals surface area contributed by atoms with E-state index >= 15 is 0 Å². The molecular weight excluding hydrogens is 382 g/mol. The van der Waals surface area contributed by atoms with E-state index in [1.54, 1.807) is 17.2 Å². The van der Waals surface area contributed by atoms with Crippen LogP contribution in [-0.4, -0.2) is 68.7 Å². The Hall–Kier alpha value is -3.33. The normalized spacial score (nSPS) is 20.5. The average Bonchev–Trinajstić information content (AvgIpc) is 3.28. The second kappa shape index (κ2) is 7.17. The summed E-state index contributed by atoms with van der Waals surface area (Å²) in [5.41, 5.74) is 2.54. The Balaban J connectivity index is 1.30. The van der Waals surface area contributed by atoms with Gasteiger partial charge in [0.15, 0.2) is 5.65 Å². The Morgan fingerprint density at radius 1 is 1.00 bits per heavy atom. The molecule has 2 fully saturated rings. The van der Waals surface area contributed by atoms with Gasteiger partial charge in [0, 0.05) is 33.2 Å². The van der Waals surface area contributed by atoms with Gasteiger partial charge in [-0.15, -0.1) is 0 Å². The third kappa shape index (κ3) is 3.02. The molecule has 0 bridgehead atoms. The van der Waals surface area contributed by atoms with Crippen LogP contribution in [0.25, 0.3) is 11.0 Å². The van der Waals surface area contributed by atoms with Gasteiger partial charge in [0.25, 0.3) is 5.91 Å². The molecule has 5 rings (SSSR count). The zero-order valence-electron chi connectivity index (χ0n) is 17.0. The summed E-state index contributed by atoms with van der Waals surface area (Å²) in [6.45, 7) is 4.82. The van der Waals surface area contributed by atoms with Gasteiger partial charge in [-0.25, -0.2) is 14.9 Å². The lowest BCUT2D eigenvalue weighted by molar-refractivity contribution is -0.123. The topological polar surface area (TPSA) is 87.5 Å². The number of carbonyl (C=O) groups excluding carboxylic acids is 2. The number of piperazine rings is 1. The minimum atomic E-state index is -0.398. The Kier molecular flexibility index (Phi) is 4.47. The van der Waals surface area contributed by atoms with Crippen molar-refractivity contribution in [3.05, 3.63) is 42.4 Å². The molecule has 0 radical (unpaired) electrons. The third-order valence-electron chi connectivity index (χ3n) is 5.98. The number of rotatable bonds is 3. The van der Waals surface area contributed by atoms with Crippen molar-refractivity contribution < 1.29 is 9.59 Å². The molecule has 2 saturated heterocycles. The van der Waals surface area contributed by atoms with E-state index < -0.39 is 6.04 Å². The van der Waals surface area contributed by atoms with Crippen LogP contribution < -0.4 is 9.80 Å². The average molecular weight is 405 g/mol. The van der Waals surface area contributed by atoms with E-state index in [4.69, 9.17) is 0 Å². The van der Waals surface area contributed by atoms with E-state index in [-0.39, 0.29) is 18.2 Å². The maximum atomic E-state index is 13.0. The standard InChI is InChI=1S/C21H23N7O2/c1-14-3-5-15(6-4-14)28-18(29)11-17(21(28)30)26-7-9-27(10-8-26)20-16-12-24-25(2)19(16)22-13-23-20/h3-6,12-13,17H,7-11H2,1-2H3/t17-/m0/s1. The number of amides is 2. The molecule has 9 heteroatoms. The van der Waals surface area contributed by atoms with Crippen LogP contribution in [0, 0.1) is 6.92 Å². The van der Waals surface area contributed by atoms with Crippen molar-refractivity contribution in [2.75, 3.05) is 36.0 Å². The van der Waals surface area contributed by atoms with Crippen molar-refractivity contribution in [1.82, 2.24) is 24.6 Å².